The summed E-state index contributed by atoms with van der Waals surface area (Å²) >= 11 is 0. The summed E-state index contributed by atoms with van der Waals surface area (Å²) in [5.74, 6) is 1.79. The van der Waals surface area contributed by atoms with Crippen molar-refractivity contribution in [2.45, 2.75) is 51.1 Å². The molecule has 2 aromatic carbocycles. The Morgan fingerprint density at radius 3 is 2.35 bits per heavy atom. The molecule has 0 atom stereocenters. The van der Waals surface area contributed by atoms with Gasteiger partial charge in [0.2, 0.25) is 5.91 Å². The zero-order valence-electron chi connectivity index (χ0n) is 23.7. The summed E-state index contributed by atoms with van der Waals surface area (Å²) in [5, 5.41) is 5.48. The van der Waals surface area contributed by atoms with Crippen LogP contribution in [-0.4, -0.2) is 86.4 Å². The van der Waals surface area contributed by atoms with Crippen molar-refractivity contribution in [3.05, 3.63) is 54.2 Å². The van der Waals surface area contributed by atoms with E-state index < -0.39 is 5.54 Å². The molecule has 0 radical (unpaired) electrons. The van der Waals surface area contributed by atoms with E-state index >= 15 is 0 Å². The Balaban J connectivity index is 1.14. The molecule has 7 rings (SSSR count). The minimum atomic E-state index is -0.669. The molecular formula is C32H38N6O2. The summed E-state index contributed by atoms with van der Waals surface area (Å²) in [4.78, 5) is 38.2. The monoisotopic (exact) mass is 538 g/mol. The Hall–Kier alpha value is -3.52. The van der Waals surface area contributed by atoms with Crippen molar-refractivity contribution in [2.24, 2.45) is 23.9 Å². The van der Waals surface area contributed by atoms with Gasteiger partial charge in [-0.05, 0) is 62.8 Å². The van der Waals surface area contributed by atoms with Crippen LogP contribution in [0.3, 0.4) is 0 Å². The molecule has 1 saturated carbocycles. The number of hydrogen-bond acceptors (Lipinski definition) is 5. The van der Waals surface area contributed by atoms with Gasteiger partial charge in [0.05, 0.1) is 11.7 Å². The Kier molecular flexibility index (Phi) is 6.07. The minimum Gasteiger partial charge on any atom is -0.342 e. The lowest BCUT2D eigenvalue weighted by Gasteiger charge is -2.42. The Morgan fingerprint density at radius 1 is 1.00 bits per heavy atom. The topological polar surface area (TPSA) is 74.0 Å². The summed E-state index contributed by atoms with van der Waals surface area (Å²) in [5.41, 5.74) is 3.68. The summed E-state index contributed by atoms with van der Waals surface area (Å²) in [6.45, 7) is 8.32. The first-order valence-corrected chi connectivity index (χ1v) is 14.8. The van der Waals surface area contributed by atoms with Crippen molar-refractivity contribution in [2.75, 3.05) is 32.7 Å². The number of piperidine rings is 1. The Labute approximate surface area is 235 Å². The summed E-state index contributed by atoms with van der Waals surface area (Å²) in [6.07, 6.45) is 5.47. The number of carbonyl (C=O) groups excluding carboxylic acids is 2. The number of nitrogens with zero attached hydrogens (tertiary/aromatic N) is 6. The highest BCUT2D eigenvalue weighted by atomic mass is 16.2. The third kappa shape index (κ3) is 4.33. The molecule has 8 nitrogen and oxygen atoms in total. The summed E-state index contributed by atoms with van der Waals surface area (Å²) in [7, 11) is 1.96. The van der Waals surface area contributed by atoms with Crippen molar-refractivity contribution in [3.63, 3.8) is 0 Å². The predicted octanol–water partition coefficient (Wildman–Crippen LogP) is 3.94. The van der Waals surface area contributed by atoms with E-state index in [1.54, 1.807) is 0 Å². The van der Waals surface area contributed by atoms with E-state index in [9.17, 15) is 9.59 Å². The van der Waals surface area contributed by atoms with Gasteiger partial charge < -0.3 is 9.80 Å². The third-order valence-electron chi connectivity index (χ3n) is 9.43. The third-order valence-corrected chi connectivity index (χ3v) is 9.43. The quantitative estimate of drug-likeness (QED) is 0.477. The molecule has 1 aromatic heterocycles. The molecule has 40 heavy (non-hydrogen) atoms. The maximum Gasteiger partial charge on any atom is 0.256 e. The first kappa shape index (κ1) is 25.4. The summed E-state index contributed by atoms with van der Waals surface area (Å²) < 4.78 is 1.89. The van der Waals surface area contributed by atoms with E-state index in [0.717, 1.165) is 85.3 Å². The molecule has 1 spiro atoms. The van der Waals surface area contributed by atoms with Crippen LogP contribution in [0.4, 0.5) is 0 Å². The molecule has 1 aliphatic carbocycles. The number of benzene rings is 2. The molecule has 3 aliphatic heterocycles. The largest absolute Gasteiger partial charge is 0.342 e. The van der Waals surface area contributed by atoms with Crippen LogP contribution >= 0.6 is 0 Å². The number of fused-ring (bicyclic) bond motifs is 1. The number of amidine groups is 1. The van der Waals surface area contributed by atoms with E-state index in [4.69, 9.17) is 4.99 Å². The number of aryl methyl sites for hydroxylation is 1. The van der Waals surface area contributed by atoms with Gasteiger partial charge in [0, 0.05) is 68.6 Å². The lowest BCUT2D eigenvalue weighted by molar-refractivity contribution is -0.140. The Morgan fingerprint density at radius 2 is 1.68 bits per heavy atom. The number of likely N-dealkylation sites (tertiary alicyclic amines) is 2. The van der Waals surface area contributed by atoms with Gasteiger partial charge in [0.1, 0.15) is 11.4 Å². The second kappa shape index (κ2) is 9.54. The van der Waals surface area contributed by atoms with Crippen LogP contribution in [0.1, 0.15) is 45.1 Å². The van der Waals surface area contributed by atoms with Gasteiger partial charge in [-0.3, -0.25) is 24.2 Å². The lowest BCUT2D eigenvalue weighted by atomic mass is 9.87. The normalized spacial score (nSPS) is 21.5. The number of amides is 2. The second-order valence-corrected chi connectivity index (χ2v) is 12.5. The molecule has 4 heterocycles. The van der Waals surface area contributed by atoms with Crippen LogP contribution in [0, 0.1) is 11.8 Å². The average Bonchev–Trinajstić information content (AvgIpc) is 3.69. The molecule has 0 bridgehead atoms. The smallest absolute Gasteiger partial charge is 0.256 e. The Bertz CT molecular complexity index is 1490. The molecule has 2 amide bonds. The molecule has 0 N–H and O–H groups in total. The minimum absolute atomic E-state index is 0.143. The van der Waals surface area contributed by atoms with Gasteiger partial charge in [-0.1, -0.05) is 30.3 Å². The van der Waals surface area contributed by atoms with Crippen LogP contribution in [0.5, 0.6) is 0 Å². The highest BCUT2D eigenvalue weighted by molar-refractivity contribution is 6.15. The van der Waals surface area contributed by atoms with Gasteiger partial charge in [0.15, 0.2) is 0 Å². The SMILES string of the molecule is CC(C)N1CCC2(CC1)N=C(c1ccc(-c3ccc4c(cnn4C)c3)cc1)N(CC1CN(C(=O)C3CC3)C1)C2=O. The van der Waals surface area contributed by atoms with E-state index in [0.29, 0.717) is 24.4 Å². The summed E-state index contributed by atoms with van der Waals surface area (Å²) in [6, 6.07) is 15.3. The fourth-order valence-corrected chi connectivity index (χ4v) is 6.65. The van der Waals surface area contributed by atoms with Crippen molar-refractivity contribution in [1.82, 2.24) is 24.5 Å². The van der Waals surface area contributed by atoms with E-state index in [-0.39, 0.29) is 11.8 Å². The maximum atomic E-state index is 14.1. The van der Waals surface area contributed by atoms with Crippen molar-refractivity contribution in [3.8, 4) is 11.1 Å². The predicted molar refractivity (Wildman–Crippen MR) is 156 cm³/mol. The van der Waals surface area contributed by atoms with Crippen LogP contribution in [0.15, 0.2) is 53.7 Å². The molecule has 2 saturated heterocycles. The number of aliphatic imine (C=N–C) groups is 1. The number of carbonyl (C=O) groups is 2. The zero-order chi connectivity index (χ0) is 27.6. The van der Waals surface area contributed by atoms with Gasteiger partial charge >= 0.3 is 0 Å². The highest BCUT2D eigenvalue weighted by Crippen LogP contribution is 2.38. The van der Waals surface area contributed by atoms with E-state index in [1.807, 2.05) is 27.7 Å². The van der Waals surface area contributed by atoms with Crippen LogP contribution in [-0.2, 0) is 16.6 Å². The van der Waals surface area contributed by atoms with Crippen molar-refractivity contribution in [1.29, 1.82) is 0 Å². The van der Waals surface area contributed by atoms with Crippen LogP contribution < -0.4 is 0 Å². The fourth-order valence-electron chi connectivity index (χ4n) is 6.65. The lowest BCUT2D eigenvalue weighted by Crippen LogP contribution is -2.57. The highest BCUT2D eigenvalue weighted by Gasteiger charge is 2.51. The first-order chi connectivity index (χ1) is 19.3. The van der Waals surface area contributed by atoms with Crippen molar-refractivity contribution >= 4 is 28.6 Å². The van der Waals surface area contributed by atoms with Gasteiger partial charge in [-0.15, -0.1) is 0 Å². The fraction of sp³-hybridized carbons (Fsp3) is 0.500. The second-order valence-electron chi connectivity index (χ2n) is 12.5. The molecule has 0 unspecified atom stereocenters. The van der Waals surface area contributed by atoms with Crippen LogP contribution in [0.2, 0.25) is 0 Å². The number of hydrogen-bond donors (Lipinski definition) is 0. The van der Waals surface area contributed by atoms with Gasteiger partial charge in [0.25, 0.3) is 5.91 Å². The van der Waals surface area contributed by atoms with E-state index in [1.165, 1.54) is 0 Å². The molecule has 8 heteroatoms. The maximum absolute atomic E-state index is 14.1. The van der Waals surface area contributed by atoms with E-state index in [2.05, 4.69) is 66.3 Å². The van der Waals surface area contributed by atoms with Crippen LogP contribution in [0.25, 0.3) is 22.0 Å². The standard InChI is InChI=1S/C32H38N6O2/c1-21(2)36-14-12-32(13-15-36)31(40)38(20-22-18-37(19-22)30(39)25-8-9-25)29(34-32)24-6-4-23(5-7-24)26-10-11-28-27(16-26)17-33-35(28)3/h4-7,10-11,16-17,21-22,25H,8-9,12-15,18-20H2,1-3H3. The molecule has 4 aliphatic rings. The van der Waals surface area contributed by atoms with Gasteiger partial charge in [-0.2, -0.15) is 5.10 Å². The molecular weight excluding hydrogens is 500 g/mol. The first-order valence-electron chi connectivity index (χ1n) is 14.8. The average molecular weight is 539 g/mol. The van der Waals surface area contributed by atoms with Crippen molar-refractivity contribution < 1.29 is 9.59 Å². The molecule has 3 aromatic rings. The molecule has 3 fully saturated rings. The van der Waals surface area contributed by atoms with Gasteiger partial charge in [-0.25, -0.2) is 0 Å². The molecule has 208 valence electrons. The zero-order valence-corrected chi connectivity index (χ0v) is 23.7. The number of rotatable bonds is 6. The number of aromatic nitrogens is 2.